The van der Waals surface area contributed by atoms with E-state index in [1.165, 1.54) is 7.11 Å². The molecule has 0 aliphatic carbocycles. The van der Waals surface area contributed by atoms with Gasteiger partial charge in [-0.1, -0.05) is 37.3 Å². The number of likely N-dealkylation sites (tertiary alicyclic amines) is 1. The van der Waals surface area contributed by atoms with Crippen molar-refractivity contribution in [1.82, 2.24) is 10.2 Å². The van der Waals surface area contributed by atoms with Gasteiger partial charge < -0.3 is 19.5 Å². The van der Waals surface area contributed by atoms with E-state index in [9.17, 15) is 14.4 Å². The monoisotopic (exact) mass is 448 g/mol. The molecule has 1 aromatic carbocycles. The van der Waals surface area contributed by atoms with Gasteiger partial charge in [0.15, 0.2) is 5.78 Å². The van der Waals surface area contributed by atoms with Crippen molar-refractivity contribution in [2.75, 3.05) is 20.8 Å². The Morgan fingerprint density at radius 2 is 1.72 bits per heavy atom. The maximum atomic E-state index is 13.0. The third-order valence-electron chi connectivity index (χ3n) is 5.63. The fourth-order valence-corrected chi connectivity index (χ4v) is 3.95. The quantitative estimate of drug-likeness (QED) is 0.615. The zero-order valence-electron chi connectivity index (χ0n) is 20.1. The number of hydrogen-bond acceptors (Lipinski definition) is 6. The van der Waals surface area contributed by atoms with Crippen LogP contribution in [0.3, 0.4) is 0 Å². The number of nitrogens with one attached hydrogen (secondary N) is 1. The number of carbonyl (C=O) groups is 3. The molecule has 1 saturated heterocycles. The smallest absolute Gasteiger partial charge is 0.410 e. The van der Waals surface area contributed by atoms with Gasteiger partial charge in [0, 0.05) is 19.8 Å². The van der Waals surface area contributed by atoms with Crippen LogP contribution >= 0.6 is 0 Å². The van der Waals surface area contributed by atoms with Crippen LogP contribution in [-0.2, 0) is 19.0 Å². The van der Waals surface area contributed by atoms with Crippen LogP contribution in [0.2, 0.25) is 0 Å². The van der Waals surface area contributed by atoms with Gasteiger partial charge in [-0.15, -0.1) is 0 Å². The summed E-state index contributed by atoms with van der Waals surface area (Å²) in [5.74, 6) is -1.11. The molecule has 5 atom stereocenters. The molecule has 0 radical (unpaired) electrons. The Morgan fingerprint density at radius 1 is 1.09 bits per heavy atom. The summed E-state index contributed by atoms with van der Waals surface area (Å²) in [6.45, 7) is 9.16. The van der Waals surface area contributed by atoms with E-state index in [4.69, 9.17) is 14.2 Å². The van der Waals surface area contributed by atoms with Crippen molar-refractivity contribution in [2.45, 2.75) is 70.9 Å². The van der Waals surface area contributed by atoms with Gasteiger partial charge in [0.2, 0.25) is 5.91 Å². The summed E-state index contributed by atoms with van der Waals surface area (Å²) in [5, 5.41) is 2.79. The molecule has 32 heavy (non-hydrogen) atoms. The minimum atomic E-state index is -0.692. The highest BCUT2D eigenvalue weighted by molar-refractivity contribution is 6.01. The SMILES string of the molecule is COC1CC([C@H](OC)[C@@H](C)C(=O)N[C@H](C)C(=O)c2ccccc2)N(C(=O)OC(C)(C)C)C1. The maximum absolute atomic E-state index is 13.0. The summed E-state index contributed by atoms with van der Waals surface area (Å²) in [4.78, 5) is 40.0. The minimum Gasteiger partial charge on any atom is -0.444 e. The van der Waals surface area contributed by atoms with E-state index in [2.05, 4.69) is 5.32 Å². The lowest BCUT2D eigenvalue weighted by Gasteiger charge is -2.34. The van der Waals surface area contributed by atoms with Crippen molar-refractivity contribution in [2.24, 2.45) is 5.92 Å². The summed E-state index contributed by atoms with van der Waals surface area (Å²) in [7, 11) is 3.11. The van der Waals surface area contributed by atoms with Gasteiger partial charge in [-0.3, -0.25) is 14.5 Å². The molecule has 1 aliphatic rings. The number of ether oxygens (including phenoxy) is 3. The van der Waals surface area contributed by atoms with E-state index in [1.807, 2.05) is 6.07 Å². The third-order valence-corrected chi connectivity index (χ3v) is 5.63. The van der Waals surface area contributed by atoms with Crippen LogP contribution in [0.15, 0.2) is 30.3 Å². The molecule has 1 aromatic rings. The predicted molar refractivity (Wildman–Crippen MR) is 120 cm³/mol. The molecule has 8 nitrogen and oxygen atoms in total. The molecular formula is C24H36N2O6. The van der Waals surface area contributed by atoms with E-state index >= 15 is 0 Å². The van der Waals surface area contributed by atoms with Crippen LogP contribution < -0.4 is 5.32 Å². The minimum absolute atomic E-state index is 0.171. The average molecular weight is 449 g/mol. The first-order chi connectivity index (χ1) is 15.0. The molecule has 0 aromatic heterocycles. The number of carbonyl (C=O) groups excluding carboxylic acids is 3. The number of benzene rings is 1. The van der Waals surface area contributed by atoms with Crippen molar-refractivity contribution in [1.29, 1.82) is 0 Å². The van der Waals surface area contributed by atoms with Gasteiger partial charge in [0.05, 0.1) is 36.8 Å². The molecule has 2 amide bonds. The van der Waals surface area contributed by atoms with Gasteiger partial charge >= 0.3 is 6.09 Å². The zero-order valence-corrected chi connectivity index (χ0v) is 20.1. The Morgan fingerprint density at radius 3 is 2.25 bits per heavy atom. The van der Waals surface area contributed by atoms with Gasteiger partial charge in [-0.2, -0.15) is 0 Å². The van der Waals surface area contributed by atoms with Crippen molar-refractivity contribution >= 4 is 17.8 Å². The highest BCUT2D eigenvalue weighted by atomic mass is 16.6. The fourth-order valence-electron chi connectivity index (χ4n) is 3.95. The molecule has 2 unspecified atom stereocenters. The lowest BCUT2D eigenvalue weighted by atomic mass is 9.94. The Balaban J connectivity index is 2.12. The molecule has 1 N–H and O–H groups in total. The topological polar surface area (TPSA) is 94.2 Å². The standard InChI is InChI=1S/C24H36N2O6/c1-15(22(28)25-16(2)20(27)17-11-9-8-10-12-17)21(31-7)19-13-18(30-6)14-26(19)23(29)32-24(3,4)5/h8-12,15-16,18-19,21H,13-14H2,1-7H3,(H,25,28)/t15-,16-,18?,19?,21-/m1/s1. The number of hydrogen-bond donors (Lipinski definition) is 1. The lowest BCUT2D eigenvalue weighted by Crippen LogP contribution is -2.52. The van der Waals surface area contributed by atoms with Gasteiger partial charge in [0.25, 0.3) is 0 Å². The summed E-state index contributed by atoms with van der Waals surface area (Å²) >= 11 is 0. The second kappa shape index (κ2) is 10.9. The largest absolute Gasteiger partial charge is 0.444 e. The van der Waals surface area contributed by atoms with E-state index in [0.717, 1.165) is 0 Å². The summed E-state index contributed by atoms with van der Waals surface area (Å²) in [6.07, 6.45) is -0.727. The number of ketones is 1. The molecular weight excluding hydrogens is 412 g/mol. The Labute approximate surface area is 190 Å². The Bertz CT molecular complexity index is 791. The van der Waals surface area contributed by atoms with E-state index in [0.29, 0.717) is 18.5 Å². The molecule has 0 spiro atoms. The van der Waals surface area contributed by atoms with E-state index in [-0.39, 0.29) is 17.8 Å². The van der Waals surface area contributed by atoms with Crippen LogP contribution in [-0.4, -0.2) is 73.3 Å². The Hall–Kier alpha value is -2.45. The fraction of sp³-hybridized carbons (Fsp3) is 0.625. The van der Waals surface area contributed by atoms with Gasteiger partial charge in [0.1, 0.15) is 5.60 Å². The number of rotatable bonds is 8. The Kier molecular flexibility index (Phi) is 8.81. The molecule has 1 fully saturated rings. The normalized spacial score (nSPS) is 21.5. The molecule has 0 bridgehead atoms. The van der Waals surface area contributed by atoms with Crippen molar-refractivity contribution < 1.29 is 28.6 Å². The lowest BCUT2D eigenvalue weighted by molar-refractivity contribution is -0.131. The van der Waals surface area contributed by atoms with Crippen LogP contribution in [0.5, 0.6) is 0 Å². The van der Waals surface area contributed by atoms with Gasteiger partial charge in [-0.05, 0) is 34.1 Å². The van der Waals surface area contributed by atoms with Crippen LogP contribution in [0.25, 0.3) is 0 Å². The number of Topliss-reactive ketones (excluding diaryl/α,β-unsaturated/α-hetero) is 1. The van der Waals surface area contributed by atoms with E-state index < -0.39 is 35.8 Å². The van der Waals surface area contributed by atoms with Gasteiger partial charge in [-0.25, -0.2) is 4.79 Å². The molecule has 1 aliphatic heterocycles. The zero-order chi connectivity index (χ0) is 24.1. The summed E-state index contributed by atoms with van der Waals surface area (Å²) < 4.78 is 16.7. The molecule has 1 heterocycles. The van der Waals surface area contributed by atoms with Crippen molar-refractivity contribution in [3.63, 3.8) is 0 Å². The average Bonchev–Trinajstić information content (AvgIpc) is 3.17. The first-order valence-electron chi connectivity index (χ1n) is 10.9. The first-order valence-corrected chi connectivity index (χ1v) is 10.9. The number of amides is 2. The molecule has 8 heteroatoms. The molecule has 0 saturated carbocycles. The first kappa shape index (κ1) is 25.8. The summed E-state index contributed by atoms with van der Waals surface area (Å²) in [5.41, 5.74) is -0.114. The predicted octanol–water partition coefficient (Wildman–Crippen LogP) is 3.05. The maximum Gasteiger partial charge on any atom is 0.410 e. The number of nitrogens with zero attached hydrogens (tertiary/aromatic N) is 1. The second-order valence-electron chi connectivity index (χ2n) is 9.24. The summed E-state index contributed by atoms with van der Waals surface area (Å²) in [6, 6.07) is 7.73. The highest BCUT2D eigenvalue weighted by Crippen LogP contribution is 2.29. The van der Waals surface area contributed by atoms with Crippen molar-refractivity contribution in [3.8, 4) is 0 Å². The van der Waals surface area contributed by atoms with Crippen LogP contribution in [0.1, 0.15) is 51.4 Å². The molecule has 2 rings (SSSR count). The van der Waals surface area contributed by atoms with Crippen molar-refractivity contribution in [3.05, 3.63) is 35.9 Å². The van der Waals surface area contributed by atoms with Crippen LogP contribution in [0.4, 0.5) is 4.79 Å². The second-order valence-corrected chi connectivity index (χ2v) is 9.24. The molecule has 178 valence electrons. The highest BCUT2D eigenvalue weighted by Gasteiger charge is 2.45. The third kappa shape index (κ3) is 6.53. The van der Waals surface area contributed by atoms with Crippen LogP contribution in [0, 0.1) is 5.92 Å². The van der Waals surface area contributed by atoms with E-state index in [1.54, 1.807) is 70.9 Å². The number of methoxy groups -OCH3 is 2.